The van der Waals surface area contributed by atoms with Crippen LogP contribution in [-0.2, 0) is 4.79 Å². The molecule has 0 bridgehead atoms. The van der Waals surface area contributed by atoms with Crippen LogP contribution in [0.5, 0.6) is 0 Å². The molecule has 1 N–H and O–H groups in total. The van der Waals surface area contributed by atoms with Crippen LogP contribution in [0, 0.1) is 0 Å². The Labute approximate surface area is 202 Å². The zero-order valence-corrected chi connectivity index (χ0v) is 19.4. The van der Waals surface area contributed by atoms with Gasteiger partial charge >= 0.3 is 0 Å². The molecule has 0 saturated heterocycles. The number of rotatable bonds is 5. The molecule has 0 aliphatic carbocycles. The van der Waals surface area contributed by atoms with E-state index in [4.69, 9.17) is 20.4 Å². The number of nitrogens with zero attached hydrogens (tertiary/aromatic N) is 1. The predicted molar refractivity (Wildman–Crippen MR) is 134 cm³/mol. The highest BCUT2D eigenvalue weighted by Crippen LogP contribution is 2.33. The summed E-state index contributed by atoms with van der Waals surface area (Å²) >= 11 is 9.72. The fourth-order valence-electron chi connectivity index (χ4n) is 3.32. The summed E-state index contributed by atoms with van der Waals surface area (Å²) < 4.78 is 12.5. The van der Waals surface area contributed by atoms with Crippen molar-refractivity contribution in [2.75, 3.05) is 5.32 Å². The van der Waals surface area contributed by atoms with Gasteiger partial charge in [0.2, 0.25) is 11.8 Å². The van der Waals surface area contributed by atoms with Crippen molar-refractivity contribution in [3.8, 4) is 22.8 Å². The molecule has 5 rings (SSSR count). The first-order chi connectivity index (χ1) is 16.0. The number of carbonyl (C=O) groups is 1. The molecule has 2 heterocycles. The number of halogens is 2. The van der Waals surface area contributed by atoms with E-state index < -0.39 is 0 Å². The van der Waals surface area contributed by atoms with Gasteiger partial charge in [-0.2, -0.15) is 0 Å². The third-order valence-electron chi connectivity index (χ3n) is 4.90. The van der Waals surface area contributed by atoms with Crippen LogP contribution in [0.25, 0.3) is 40.0 Å². The van der Waals surface area contributed by atoms with Crippen molar-refractivity contribution in [2.24, 2.45) is 0 Å². The Morgan fingerprint density at radius 1 is 0.970 bits per heavy atom. The summed E-state index contributed by atoms with van der Waals surface area (Å²) in [5.41, 5.74) is 3.47. The van der Waals surface area contributed by atoms with Crippen LogP contribution in [0.15, 0.2) is 98.2 Å². The number of amides is 1. The van der Waals surface area contributed by atoms with Gasteiger partial charge in [-0.15, -0.1) is 0 Å². The standard InChI is InChI=1S/C26H16BrClN2O3/c27-17-6-10-21(28)20(14-17)26-30-22-15-18(7-11-24(22)33-26)29-25(31)13-9-19-8-12-23(32-19)16-4-2-1-3-5-16/h1-15H,(H,29,31)/b13-9+. The SMILES string of the molecule is O=C(/C=C/c1ccc(-c2ccccc2)o1)Nc1ccc2oc(-c3cc(Br)ccc3Cl)nc2c1. The van der Waals surface area contributed by atoms with Gasteiger partial charge < -0.3 is 14.2 Å². The lowest BCUT2D eigenvalue weighted by Crippen LogP contribution is -2.07. The normalized spacial score (nSPS) is 11.3. The fourth-order valence-corrected chi connectivity index (χ4v) is 3.88. The number of benzene rings is 3. The second-order valence-electron chi connectivity index (χ2n) is 7.22. The van der Waals surface area contributed by atoms with Crippen LogP contribution in [0.4, 0.5) is 5.69 Å². The number of fused-ring (bicyclic) bond motifs is 1. The van der Waals surface area contributed by atoms with Crippen LogP contribution >= 0.6 is 27.5 Å². The molecular weight excluding hydrogens is 504 g/mol. The number of hydrogen-bond donors (Lipinski definition) is 1. The Morgan fingerprint density at radius 3 is 2.67 bits per heavy atom. The number of hydrogen-bond acceptors (Lipinski definition) is 4. The molecule has 0 saturated carbocycles. The van der Waals surface area contributed by atoms with E-state index in [0.717, 1.165) is 15.8 Å². The Hall–Kier alpha value is -3.61. The van der Waals surface area contributed by atoms with E-state index in [0.29, 0.717) is 39.0 Å². The molecule has 0 spiro atoms. The summed E-state index contributed by atoms with van der Waals surface area (Å²) in [4.78, 5) is 16.9. The minimum absolute atomic E-state index is 0.286. The Balaban J connectivity index is 1.30. The lowest BCUT2D eigenvalue weighted by molar-refractivity contribution is -0.111. The molecule has 0 unspecified atom stereocenters. The number of nitrogens with one attached hydrogen (secondary N) is 1. The van der Waals surface area contributed by atoms with Crippen molar-refractivity contribution in [3.05, 3.63) is 100 Å². The molecule has 7 heteroatoms. The highest BCUT2D eigenvalue weighted by molar-refractivity contribution is 9.10. The number of carbonyl (C=O) groups excluding carboxylic acids is 1. The van der Waals surface area contributed by atoms with Gasteiger partial charge in [-0.25, -0.2) is 4.98 Å². The molecule has 5 nitrogen and oxygen atoms in total. The maximum atomic E-state index is 12.4. The maximum Gasteiger partial charge on any atom is 0.248 e. The molecule has 3 aromatic carbocycles. The summed E-state index contributed by atoms with van der Waals surface area (Å²) in [6, 6.07) is 24.2. The van der Waals surface area contributed by atoms with Gasteiger partial charge in [-0.05, 0) is 54.6 Å². The minimum atomic E-state index is -0.286. The molecule has 1 amide bonds. The Kier molecular flexibility index (Phi) is 5.86. The maximum absolute atomic E-state index is 12.4. The van der Waals surface area contributed by atoms with Crippen molar-refractivity contribution >= 4 is 56.3 Å². The molecule has 0 aliphatic rings. The molecule has 33 heavy (non-hydrogen) atoms. The van der Waals surface area contributed by atoms with Gasteiger partial charge in [0.05, 0.1) is 10.6 Å². The Morgan fingerprint density at radius 2 is 1.82 bits per heavy atom. The lowest BCUT2D eigenvalue weighted by atomic mass is 10.2. The number of anilines is 1. The van der Waals surface area contributed by atoms with Crippen molar-refractivity contribution in [1.29, 1.82) is 0 Å². The lowest BCUT2D eigenvalue weighted by Gasteiger charge is -2.00. The molecule has 0 radical (unpaired) electrons. The summed E-state index contributed by atoms with van der Waals surface area (Å²) in [5, 5.41) is 3.37. The zero-order valence-electron chi connectivity index (χ0n) is 17.1. The Bertz CT molecular complexity index is 1490. The summed E-state index contributed by atoms with van der Waals surface area (Å²) in [5.74, 6) is 1.46. The quantitative estimate of drug-likeness (QED) is 0.240. The van der Waals surface area contributed by atoms with E-state index in [1.165, 1.54) is 6.08 Å². The number of aromatic nitrogens is 1. The van der Waals surface area contributed by atoms with Gasteiger partial charge in [-0.3, -0.25) is 4.79 Å². The van der Waals surface area contributed by atoms with Crippen molar-refractivity contribution in [1.82, 2.24) is 4.98 Å². The van der Waals surface area contributed by atoms with E-state index >= 15 is 0 Å². The monoisotopic (exact) mass is 518 g/mol. The molecular formula is C26H16BrClN2O3. The highest BCUT2D eigenvalue weighted by atomic mass is 79.9. The fraction of sp³-hybridized carbons (Fsp3) is 0. The van der Waals surface area contributed by atoms with E-state index in [-0.39, 0.29) is 5.91 Å². The third-order valence-corrected chi connectivity index (χ3v) is 5.72. The van der Waals surface area contributed by atoms with Gasteiger partial charge in [0.15, 0.2) is 5.58 Å². The second kappa shape index (κ2) is 9.10. The van der Waals surface area contributed by atoms with Crippen molar-refractivity contribution in [2.45, 2.75) is 0 Å². The van der Waals surface area contributed by atoms with Gasteiger partial charge in [-0.1, -0.05) is 57.9 Å². The molecule has 0 fully saturated rings. The van der Waals surface area contributed by atoms with Gasteiger partial charge in [0, 0.05) is 21.8 Å². The molecule has 0 atom stereocenters. The summed E-state index contributed by atoms with van der Waals surface area (Å²) in [6.07, 6.45) is 3.05. The molecule has 5 aromatic rings. The topological polar surface area (TPSA) is 68.3 Å². The average Bonchev–Trinajstić information content (AvgIpc) is 3.47. The van der Waals surface area contributed by atoms with E-state index in [2.05, 4.69) is 26.2 Å². The van der Waals surface area contributed by atoms with Crippen LogP contribution in [-0.4, -0.2) is 10.9 Å². The largest absolute Gasteiger partial charge is 0.457 e. The minimum Gasteiger partial charge on any atom is -0.457 e. The van der Waals surface area contributed by atoms with Crippen LogP contribution in [0.1, 0.15) is 5.76 Å². The second-order valence-corrected chi connectivity index (χ2v) is 8.54. The first kappa shape index (κ1) is 21.2. The molecule has 0 aliphatic heterocycles. The van der Waals surface area contributed by atoms with Crippen LogP contribution in [0.3, 0.4) is 0 Å². The van der Waals surface area contributed by atoms with Gasteiger partial charge in [0.1, 0.15) is 17.0 Å². The summed E-state index contributed by atoms with van der Waals surface area (Å²) in [7, 11) is 0. The smallest absolute Gasteiger partial charge is 0.248 e. The average molecular weight is 520 g/mol. The number of furan rings is 1. The predicted octanol–water partition coefficient (Wildman–Crippen LogP) is 7.82. The molecule has 162 valence electrons. The first-order valence-corrected chi connectivity index (χ1v) is 11.2. The van der Waals surface area contributed by atoms with E-state index in [1.54, 1.807) is 30.3 Å². The highest BCUT2D eigenvalue weighted by Gasteiger charge is 2.13. The summed E-state index contributed by atoms with van der Waals surface area (Å²) in [6.45, 7) is 0. The van der Waals surface area contributed by atoms with Gasteiger partial charge in [0.25, 0.3) is 0 Å². The molecule has 2 aromatic heterocycles. The van der Waals surface area contributed by atoms with Crippen molar-refractivity contribution in [3.63, 3.8) is 0 Å². The van der Waals surface area contributed by atoms with Crippen molar-refractivity contribution < 1.29 is 13.6 Å². The van der Waals surface area contributed by atoms with E-state index in [1.807, 2.05) is 54.6 Å². The van der Waals surface area contributed by atoms with E-state index in [9.17, 15) is 4.79 Å². The zero-order chi connectivity index (χ0) is 22.8. The van der Waals surface area contributed by atoms with Crippen LogP contribution in [0.2, 0.25) is 5.02 Å². The number of oxazole rings is 1. The third kappa shape index (κ3) is 4.77. The first-order valence-electron chi connectivity index (χ1n) is 10.1. The van der Waals surface area contributed by atoms with Crippen LogP contribution < -0.4 is 5.32 Å².